The van der Waals surface area contributed by atoms with Gasteiger partial charge in [-0.15, -0.1) is 0 Å². The first-order valence-electron chi connectivity index (χ1n) is 5.15. The third-order valence-electron chi connectivity index (χ3n) is 3.14. The summed E-state index contributed by atoms with van der Waals surface area (Å²) < 4.78 is 0. The molecule has 1 rings (SSSR count). The second kappa shape index (κ2) is 4.11. The van der Waals surface area contributed by atoms with Crippen molar-refractivity contribution in [3.63, 3.8) is 0 Å². The zero-order valence-electron chi connectivity index (χ0n) is 8.93. The second-order valence-electron chi connectivity index (χ2n) is 5.03. The fraction of sp³-hybridized carbons (Fsp3) is 0.909. The summed E-state index contributed by atoms with van der Waals surface area (Å²) in [7, 11) is 0. The fourth-order valence-electron chi connectivity index (χ4n) is 2.43. The molecule has 1 aliphatic rings. The Morgan fingerprint density at radius 1 is 1.54 bits per heavy atom. The molecule has 0 aliphatic heterocycles. The number of nitrogens with zero attached hydrogens (tertiary/aromatic N) is 1. The maximum Gasteiger partial charge on any atom is 0.0843 e. The van der Waals surface area contributed by atoms with Crippen LogP contribution in [0.3, 0.4) is 0 Å². The second-order valence-corrected chi connectivity index (χ2v) is 5.03. The van der Waals surface area contributed by atoms with Gasteiger partial charge in [0.15, 0.2) is 0 Å². The van der Waals surface area contributed by atoms with Crippen molar-refractivity contribution in [2.24, 2.45) is 11.3 Å². The van der Waals surface area contributed by atoms with E-state index in [9.17, 15) is 0 Å². The molecular weight excluding hydrogens is 160 g/mol. The van der Waals surface area contributed by atoms with Gasteiger partial charge in [-0.05, 0) is 30.6 Å². The molecule has 2 atom stereocenters. The monoisotopic (exact) mass is 180 g/mol. The number of rotatable bonds is 2. The quantitative estimate of drug-likeness (QED) is 0.662. The molecule has 1 saturated carbocycles. The topological polar surface area (TPSA) is 35.8 Å². The Morgan fingerprint density at radius 2 is 2.23 bits per heavy atom. The molecule has 0 heterocycles. The Labute approximate surface area is 81.3 Å². The third-order valence-corrected chi connectivity index (χ3v) is 3.14. The van der Waals surface area contributed by atoms with Crippen LogP contribution >= 0.6 is 0 Å². The van der Waals surface area contributed by atoms with Crippen LogP contribution in [0.4, 0.5) is 0 Å². The molecule has 1 N–H and O–H groups in total. The molecule has 2 nitrogen and oxygen atoms in total. The van der Waals surface area contributed by atoms with Crippen LogP contribution in [-0.4, -0.2) is 12.6 Å². The lowest BCUT2D eigenvalue weighted by Gasteiger charge is -2.39. The Morgan fingerprint density at radius 3 is 2.77 bits per heavy atom. The van der Waals surface area contributed by atoms with Gasteiger partial charge in [-0.3, -0.25) is 0 Å². The molecule has 1 fully saturated rings. The molecule has 0 aromatic heterocycles. The number of nitriles is 1. The van der Waals surface area contributed by atoms with Crippen LogP contribution in [0.5, 0.6) is 0 Å². The van der Waals surface area contributed by atoms with Crippen LogP contribution in [0, 0.1) is 22.7 Å². The lowest BCUT2D eigenvalue weighted by atomic mass is 9.70. The van der Waals surface area contributed by atoms with E-state index in [4.69, 9.17) is 5.26 Å². The van der Waals surface area contributed by atoms with E-state index >= 15 is 0 Å². The Kier molecular flexibility index (Phi) is 3.33. The molecule has 0 spiro atoms. The van der Waals surface area contributed by atoms with Crippen LogP contribution in [0.1, 0.15) is 40.0 Å². The molecule has 2 unspecified atom stereocenters. The molecule has 74 valence electrons. The van der Waals surface area contributed by atoms with Crippen molar-refractivity contribution >= 4 is 0 Å². The first kappa shape index (κ1) is 10.5. The maximum absolute atomic E-state index is 8.47. The molecule has 0 bridgehead atoms. The highest BCUT2D eigenvalue weighted by atomic mass is 14.9. The van der Waals surface area contributed by atoms with Gasteiger partial charge in [-0.2, -0.15) is 5.26 Å². The van der Waals surface area contributed by atoms with Crippen LogP contribution in [-0.2, 0) is 0 Å². The summed E-state index contributed by atoms with van der Waals surface area (Å²) in [6.07, 6.45) is 3.77. The van der Waals surface area contributed by atoms with Gasteiger partial charge in [0.25, 0.3) is 0 Å². The highest BCUT2D eigenvalue weighted by Gasteiger charge is 2.31. The summed E-state index contributed by atoms with van der Waals surface area (Å²) in [6, 6.07) is 2.71. The number of hydrogen-bond acceptors (Lipinski definition) is 2. The molecule has 0 amide bonds. The normalized spacial score (nSPS) is 32.5. The maximum atomic E-state index is 8.47. The van der Waals surface area contributed by atoms with Crippen molar-refractivity contribution < 1.29 is 0 Å². The van der Waals surface area contributed by atoms with Crippen molar-refractivity contribution in [3.8, 4) is 6.07 Å². The SMILES string of the molecule is CC1CC(C)(C)CCC1NCC#N. The van der Waals surface area contributed by atoms with Gasteiger partial charge in [0, 0.05) is 6.04 Å². The molecule has 0 radical (unpaired) electrons. The minimum absolute atomic E-state index is 0.495. The summed E-state index contributed by atoms with van der Waals surface area (Å²) in [5.74, 6) is 0.706. The highest BCUT2D eigenvalue weighted by Crippen LogP contribution is 2.38. The van der Waals surface area contributed by atoms with Gasteiger partial charge in [0.05, 0.1) is 12.6 Å². The summed E-state index contributed by atoms with van der Waals surface area (Å²) in [6.45, 7) is 7.46. The van der Waals surface area contributed by atoms with E-state index in [2.05, 4.69) is 32.2 Å². The van der Waals surface area contributed by atoms with Gasteiger partial charge in [-0.1, -0.05) is 20.8 Å². The summed E-state index contributed by atoms with van der Waals surface area (Å²) in [4.78, 5) is 0. The van der Waals surface area contributed by atoms with Gasteiger partial charge in [0.2, 0.25) is 0 Å². The van der Waals surface area contributed by atoms with Crippen molar-refractivity contribution in [1.29, 1.82) is 5.26 Å². The molecule has 1 aliphatic carbocycles. The van der Waals surface area contributed by atoms with Crippen molar-refractivity contribution in [3.05, 3.63) is 0 Å². The van der Waals surface area contributed by atoms with Crippen LogP contribution in [0.25, 0.3) is 0 Å². The molecule has 0 aromatic rings. The highest BCUT2D eigenvalue weighted by molar-refractivity contribution is 4.88. The fourth-order valence-corrected chi connectivity index (χ4v) is 2.43. The largest absolute Gasteiger partial charge is 0.301 e. The van der Waals surface area contributed by atoms with Gasteiger partial charge in [-0.25, -0.2) is 0 Å². The van der Waals surface area contributed by atoms with Gasteiger partial charge < -0.3 is 5.32 Å². The zero-order valence-corrected chi connectivity index (χ0v) is 8.93. The average molecular weight is 180 g/mol. The van der Waals surface area contributed by atoms with E-state index in [0.29, 0.717) is 23.9 Å². The molecule has 2 heteroatoms. The average Bonchev–Trinajstić information content (AvgIpc) is 2.02. The first-order chi connectivity index (χ1) is 6.05. The summed E-state index contributed by atoms with van der Waals surface area (Å²) >= 11 is 0. The van der Waals surface area contributed by atoms with Crippen LogP contribution in [0.15, 0.2) is 0 Å². The first-order valence-corrected chi connectivity index (χ1v) is 5.15. The van der Waals surface area contributed by atoms with E-state index in [1.807, 2.05) is 0 Å². The molecule has 0 aromatic carbocycles. The smallest absolute Gasteiger partial charge is 0.0843 e. The Balaban J connectivity index is 2.40. The molecular formula is C11H20N2. The minimum atomic E-state index is 0.495. The number of hydrogen-bond donors (Lipinski definition) is 1. The predicted octanol–water partition coefficient (Wildman–Crippen LogP) is 2.31. The summed E-state index contributed by atoms with van der Waals surface area (Å²) in [5.41, 5.74) is 0.504. The third kappa shape index (κ3) is 3.00. The van der Waals surface area contributed by atoms with E-state index in [0.717, 1.165) is 0 Å². The zero-order chi connectivity index (χ0) is 9.90. The standard InChI is InChI=1S/C11H20N2/c1-9-8-11(2,3)5-4-10(9)13-7-6-12/h9-10,13H,4-5,7-8H2,1-3H3. The van der Waals surface area contributed by atoms with E-state index in [-0.39, 0.29) is 0 Å². The van der Waals surface area contributed by atoms with E-state index in [1.165, 1.54) is 19.3 Å². The van der Waals surface area contributed by atoms with E-state index in [1.54, 1.807) is 0 Å². The Hall–Kier alpha value is -0.550. The summed E-state index contributed by atoms with van der Waals surface area (Å²) in [5, 5.41) is 11.8. The van der Waals surface area contributed by atoms with Crippen LogP contribution < -0.4 is 5.32 Å². The molecule has 13 heavy (non-hydrogen) atoms. The van der Waals surface area contributed by atoms with Crippen molar-refractivity contribution in [2.45, 2.75) is 46.1 Å². The predicted molar refractivity (Wildman–Crippen MR) is 54.2 cm³/mol. The van der Waals surface area contributed by atoms with Crippen molar-refractivity contribution in [2.75, 3.05) is 6.54 Å². The van der Waals surface area contributed by atoms with E-state index < -0.39 is 0 Å². The van der Waals surface area contributed by atoms with Gasteiger partial charge >= 0.3 is 0 Å². The van der Waals surface area contributed by atoms with Crippen molar-refractivity contribution in [1.82, 2.24) is 5.32 Å². The van der Waals surface area contributed by atoms with Gasteiger partial charge in [0.1, 0.15) is 0 Å². The minimum Gasteiger partial charge on any atom is -0.301 e. The molecule has 0 saturated heterocycles. The Bertz CT molecular complexity index is 203. The van der Waals surface area contributed by atoms with Crippen LogP contribution in [0.2, 0.25) is 0 Å². The lowest BCUT2D eigenvalue weighted by molar-refractivity contribution is 0.152. The lowest BCUT2D eigenvalue weighted by Crippen LogP contribution is -2.41. The number of nitrogens with one attached hydrogen (secondary N) is 1.